The molecule has 0 spiro atoms. The van der Waals surface area contributed by atoms with Gasteiger partial charge in [0.2, 0.25) is 5.91 Å². The Hall–Kier alpha value is -2.25. The number of carbonyl (C=O) groups is 1. The number of benzene rings is 1. The van der Waals surface area contributed by atoms with Crippen molar-refractivity contribution in [2.45, 2.75) is 32.4 Å². The average molecular weight is 374 g/mol. The summed E-state index contributed by atoms with van der Waals surface area (Å²) in [6.45, 7) is 7.77. The predicted octanol–water partition coefficient (Wildman–Crippen LogP) is 2.34. The second kappa shape index (κ2) is 9.10. The average Bonchev–Trinajstić information content (AvgIpc) is 3.12. The van der Waals surface area contributed by atoms with Crippen molar-refractivity contribution in [3.8, 4) is 0 Å². The van der Waals surface area contributed by atoms with Crippen LogP contribution in [0.25, 0.3) is 0 Å². The summed E-state index contributed by atoms with van der Waals surface area (Å²) in [4.78, 5) is 19.4. The van der Waals surface area contributed by atoms with Crippen LogP contribution in [0, 0.1) is 5.82 Å². The highest BCUT2D eigenvalue weighted by molar-refractivity contribution is 5.83. The van der Waals surface area contributed by atoms with Crippen LogP contribution < -0.4 is 5.32 Å². The fourth-order valence-corrected chi connectivity index (χ4v) is 3.45. The molecule has 2 aromatic rings. The number of hydrogen-bond donors (Lipinski definition) is 1. The molecule has 1 N–H and O–H groups in total. The lowest BCUT2D eigenvalue weighted by atomic mass is 10.0. The lowest BCUT2D eigenvalue weighted by molar-refractivity contribution is -0.128. The summed E-state index contributed by atoms with van der Waals surface area (Å²) in [5.74, 6) is 0.871. The van der Waals surface area contributed by atoms with E-state index in [9.17, 15) is 9.18 Å². The van der Waals surface area contributed by atoms with Crippen LogP contribution in [0.1, 0.15) is 37.2 Å². The van der Waals surface area contributed by atoms with Crippen LogP contribution in [-0.4, -0.2) is 53.2 Å². The number of aromatic nitrogens is 2. The number of rotatable bonds is 7. The summed E-state index contributed by atoms with van der Waals surface area (Å²) < 4.78 is 21.2. The van der Waals surface area contributed by atoms with Crippen molar-refractivity contribution in [2.75, 3.05) is 32.8 Å². The molecule has 1 aliphatic heterocycles. The Morgan fingerprint density at radius 2 is 2.11 bits per heavy atom. The Labute approximate surface area is 159 Å². The highest BCUT2D eigenvalue weighted by atomic mass is 19.1. The molecular weight excluding hydrogens is 347 g/mol. The van der Waals surface area contributed by atoms with E-state index in [4.69, 9.17) is 4.74 Å². The summed E-state index contributed by atoms with van der Waals surface area (Å²) in [6.07, 6.45) is 3.70. The Morgan fingerprint density at radius 1 is 1.33 bits per heavy atom. The van der Waals surface area contributed by atoms with Crippen LogP contribution in [0.5, 0.6) is 0 Å². The minimum absolute atomic E-state index is 0.117. The molecule has 0 radical (unpaired) electrons. The molecular formula is C20H27FN4O2. The maximum atomic E-state index is 13.7. The molecule has 1 aliphatic rings. The molecule has 1 fully saturated rings. The highest BCUT2D eigenvalue weighted by Crippen LogP contribution is 2.23. The van der Waals surface area contributed by atoms with E-state index < -0.39 is 6.04 Å². The molecule has 0 aliphatic carbocycles. The zero-order valence-corrected chi connectivity index (χ0v) is 15.9. The summed E-state index contributed by atoms with van der Waals surface area (Å²) >= 11 is 0. The van der Waals surface area contributed by atoms with Gasteiger partial charge in [-0.3, -0.25) is 9.69 Å². The first-order chi connectivity index (χ1) is 13.1. The summed E-state index contributed by atoms with van der Waals surface area (Å²) in [5.41, 5.74) is 0.667. The molecule has 2 heterocycles. The zero-order valence-electron chi connectivity index (χ0n) is 15.9. The van der Waals surface area contributed by atoms with E-state index in [0.29, 0.717) is 50.9 Å². The fourth-order valence-electron chi connectivity index (χ4n) is 3.45. The van der Waals surface area contributed by atoms with Crippen molar-refractivity contribution in [2.24, 2.45) is 0 Å². The van der Waals surface area contributed by atoms with Crippen LogP contribution in [0.3, 0.4) is 0 Å². The van der Waals surface area contributed by atoms with Gasteiger partial charge in [-0.2, -0.15) is 0 Å². The number of nitrogens with one attached hydrogen (secondary N) is 1. The monoisotopic (exact) mass is 374 g/mol. The van der Waals surface area contributed by atoms with E-state index in [0.717, 1.165) is 5.82 Å². The van der Waals surface area contributed by atoms with E-state index in [1.54, 1.807) is 18.3 Å². The first-order valence-corrected chi connectivity index (χ1v) is 9.42. The Morgan fingerprint density at radius 3 is 2.81 bits per heavy atom. The minimum atomic E-state index is -0.517. The predicted molar refractivity (Wildman–Crippen MR) is 101 cm³/mol. The van der Waals surface area contributed by atoms with Crippen molar-refractivity contribution in [3.05, 3.63) is 53.9 Å². The van der Waals surface area contributed by atoms with E-state index in [2.05, 4.69) is 28.7 Å². The number of hydrogen-bond acceptors (Lipinski definition) is 4. The highest BCUT2D eigenvalue weighted by Gasteiger charge is 2.29. The van der Waals surface area contributed by atoms with Gasteiger partial charge in [0.25, 0.3) is 0 Å². The van der Waals surface area contributed by atoms with Gasteiger partial charge in [-0.15, -0.1) is 0 Å². The molecule has 3 rings (SSSR count). The molecule has 1 amide bonds. The molecule has 1 atom stereocenters. The number of halogens is 1. The van der Waals surface area contributed by atoms with E-state index in [1.807, 2.05) is 11.1 Å². The maximum Gasteiger partial charge on any atom is 0.242 e. The second-order valence-electron chi connectivity index (χ2n) is 7.03. The zero-order chi connectivity index (χ0) is 19.2. The largest absolute Gasteiger partial charge is 0.379 e. The number of imidazole rings is 1. The van der Waals surface area contributed by atoms with Gasteiger partial charge in [-0.25, -0.2) is 9.37 Å². The number of nitrogens with zero attached hydrogens (tertiary/aromatic N) is 3. The smallest absolute Gasteiger partial charge is 0.242 e. The van der Waals surface area contributed by atoms with Crippen LogP contribution in [0.15, 0.2) is 36.7 Å². The molecule has 7 heteroatoms. The molecule has 1 unspecified atom stereocenters. The van der Waals surface area contributed by atoms with Crippen molar-refractivity contribution in [3.63, 3.8) is 0 Å². The fraction of sp³-hybridized carbons (Fsp3) is 0.500. The standard InChI is InChI=1S/C20H27FN4O2/c1-15(2)19-22-6-8-25(19)9-7-23-20(26)18(24-10-12-27-13-11-24)16-4-3-5-17(21)14-16/h3-6,8,14-15,18H,7,9-13H2,1-2H3,(H,23,26). The number of amides is 1. The molecule has 27 heavy (non-hydrogen) atoms. The molecule has 1 saturated heterocycles. The summed E-state index contributed by atoms with van der Waals surface area (Å²) in [5, 5.41) is 3.01. The van der Waals surface area contributed by atoms with Crippen molar-refractivity contribution < 1.29 is 13.9 Å². The molecule has 0 bridgehead atoms. The maximum absolute atomic E-state index is 13.7. The Balaban J connectivity index is 1.68. The normalized spacial score (nSPS) is 16.4. The lowest BCUT2D eigenvalue weighted by Gasteiger charge is -2.33. The topological polar surface area (TPSA) is 59.4 Å². The van der Waals surface area contributed by atoms with Crippen LogP contribution in [0.4, 0.5) is 4.39 Å². The Bertz CT molecular complexity index is 756. The van der Waals surface area contributed by atoms with Gasteiger partial charge in [0.1, 0.15) is 17.7 Å². The van der Waals surface area contributed by atoms with Crippen molar-refractivity contribution >= 4 is 5.91 Å². The summed E-state index contributed by atoms with van der Waals surface area (Å²) in [7, 11) is 0. The molecule has 1 aromatic carbocycles. The van der Waals surface area contributed by atoms with Crippen molar-refractivity contribution in [1.82, 2.24) is 19.8 Å². The Kier molecular flexibility index (Phi) is 6.58. The van der Waals surface area contributed by atoms with Crippen LogP contribution in [0.2, 0.25) is 0 Å². The van der Waals surface area contributed by atoms with Crippen LogP contribution >= 0.6 is 0 Å². The third kappa shape index (κ3) is 4.93. The van der Waals surface area contributed by atoms with Gasteiger partial charge in [0.15, 0.2) is 0 Å². The first-order valence-electron chi connectivity index (χ1n) is 9.42. The van der Waals surface area contributed by atoms with Crippen molar-refractivity contribution in [1.29, 1.82) is 0 Å². The summed E-state index contributed by atoms with van der Waals surface area (Å²) in [6, 6.07) is 5.76. The number of ether oxygens (including phenoxy) is 1. The third-order valence-corrected chi connectivity index (χ3v) is 4.74. The van der Waals surface area contributed by atoms with E-state index in [-0.39, 0.29) is 11.7 Å². The SMILES string of the molecule is CC(C)c1nccn1CCNC(=O)C(c1cccc(F)c1)N1CCOCC1. The quantitative estimate of drug-likeness (QED) is 0.808. The second-order valence-corrected chi connectivity index (χ2v) is 7.03. The van der Waals surface area contributed by atoms with E-state index >= 15 is 0 Å². The lowest BCUT2D eigenvalue weighted by Crippen LogP contribution is -2.46. The van der Waals surface area contributed by atoms with Gasteiger partial charge in [0, 0.05) is 44.5 Å². The van der Waals surface area contributed by atoms with Gasteiger partial charge >= 0.3 is 0 Å². The van der Waals surface area contributed by atoms with E-state index in [1.165, 1.54) is 12.1 Å². The third-order valence-electron chi connectivity index (χ3n) is 4.74. The minimum Gasteiger partial charge on any atom is -0.379 e. The molecule has 1 aromatic heterocycles. The van der Waals surface area contributed by atoms with Gasteiger partial charge in [-0.05, 0) is 17.7 Å². The molecule has 0 saturated carbocycles. The number of carbonyl (C=O) groups excluding carboxylic acids is 1. The van der Waals surface area contributed by atoms with Gasteiger partial charge in [0.05, 0.1) is 13.2 Å². The van der Waals surface area contributed by atoms with Crippen LogP contribution in [-0.2, 0) is 16.1 Å². The van der Waals surface area contributed by atoms with Gasteiger partial charge in [-0.1, -0.05) is 26.0 Å². The number of morpholine rings is 1. The first kappa shape index (κ1) is 19.5. The van der Waals surface area contributed by atoms with Gasteiger partial charge < -0.3 is 14.6 Å². The molecule has 146 valence electrons. The molecule has 6 nitrogen and oxygen atoms in total.